The number of hydrogen-bond acceptors (Lipinski definition) is 7. The number of ether oxygens (including phenoxy) is 2. The van der Waals surface area contributed by atoms with Gasteiger partial charge in [-0.2, -0.15) is 0 Å². The molecule has 1 aliphatic heterocycles. The van der Waals surface area contributed by atoms with E-state index in [1.54, 1.807) is 19.9 Å². The lowest BCUT2D eigenvalue weighted by Gasteiger charge is -2.37. The number of nitro groups is 1. The molecule has 0 unspecified atom stereocenters. The molecule has 0 saturated heterocycles. The van der Waals surface area contributed by atoms with Crippen LogP contribution in [0, 0.1) is 10.1 Å². The third kappa shape index (κ3) is 4.64. The van der Waals surface area contributed by atoms with Gasteiger partial charge in [0.15, 0.2) is 6.73 Å². The summed E-state index contributed by atoms with van der Waals surface area (Å²) in [7, 11) is 0. The second-order valence-electron chi connectivity index (χ2n) is 6.41. The third-order valence-corrected chi connectivity index (χ3v) is 3.91. The number of benzene rings is 1. The average molecular weight is 391 g/mol. The van der Waals surface area contributed by atoms with Crippen LogP contribution in [0.15, 0.2) is 35.5 Å². The second kappa shape index (κ2) is 8.51. The van der Waals surface area contributed by atoms with E-state index < -0.39 is 41.8 Å². The van der Waals surface area contributed by atoms with Crippen LogP contribution in [0.5, 0.6) is 0 Å². The van der Waals surface area contributed by atoms with Crippen molar-refractivity contribution in [3.63, 3.8) is 0 Å². The van der Waals surface area contributed by atoms with Crippen LogP contribution in [-0.4, -0.2) is 40.6 Å². The molecule has 28 heavy (non-hydrogen) atoms. The fourth-order valence-corrected chi connectivity index (χ4v) is 2.77. The molecule has 1 aromatic carbocycles. The van der Waals surface area contributed by atoms with Crippen LogP contribution in [0.25, 0.3) is 0 Å². The van der Waals surface area contributed by atoms with Gasteiger partial charge in [-0.05, 0) is 26.3 Å². The van der Waals surface area contributed by atoms with Gasteiger partial charge in [-0.1, -0.05) is 12.1 Å². The molecule has 1 heterocycles. The van der Waals surface area contributed by atoms with Crippen LogP contribution in [0.4, 0.5) is 10.5 Å². The zero-order valence-corrected chi connectivity index (χ0v) is 15.9. The number of carbonyl (C=O) groups is 3. The van der Waals surface area contributed by atoms with Crippen LogP contribution in [-0.2, 0) is 19.1 Å². The van der Waals surface area contributed by atoms with E-state index in [1.165, 1.54) is 32.0 Å². The van der Waals surface area contributed by atoms with E-state index in [0.717, 1.165) is 4.90 Å². The Labute approximate surface area is 161 Å². The third-order valence-electron chi connectivity index (χ3n) is 3.91. The van der Waals surface area contributed by atoms with Gasteiger partial charge < -0.3 is 14.8 Å². The van der Waals surface area contributed by atoms with Crippen molar-refractivity contribution in [2.24, 2.45) is 0 Å². The number of amides is 2. The van der Waals surface area contributed by atoms with Crippen LogP contribution in [0.1, 0.15) is 39.3 Å². The summed E-state index contributed by atoms with van der Waals surface area (Å²) in [5, 5.41) is 13.7. The number of urea groups is 1. The normalized spacial score (nSPS) is 16.7. The standard InChI is InChI=1S/C18H21N3O7/c1-10(2)28-17(23)15-11(3)19-18(24)20(9-27-12(4)22)16(15)13-6-5-7-14(8-13)21(25)26/h5-8,10,16H,9H2,1-4H3,(H,19,24)/t16-/m1/s1. The highest BCUT2D eigenvalue weighted by Crippen LogP contribution is 2.35. The number of rotatable bonds is 6. The SMILES string of the molecule is CC(=O)OCN1C(=O)NC(C)=C(C(=O)OC(C)C)[C@H]1c1cccc([N+](=O)[O-])c1. The van der Waals surface area contributed by atoms with Crippen molar-refractivity contribution in [2.45, 2.75) is 39.8 Å². The first-order valence-corrected chi connectivity index (χ1v) is 8.49. The van der Waals surface area contributed by atoms with Crippen LogP contribution in [0.2, 0.25) is 0 Å². The molecule has 1 aliphatic rings. The first-order valence-electron chi connectivity index (χ1n) is 8.49. The van der Waals surface area contributed by atoms with E-state index in [4.69, 9.17) is 9.47 Å². The van der Waals surface area contributed by atoms with E-state index in [0.29, 0.717) is 5.56 Å². The molecule has 0 fully saturated rings. The topological polar surface area (TPSA) is 128 Å². The Morgan fingerprint density at radius 1 is 1.36 bits per heavy atom. The summed E-state index contributed by atoms with van der Waals surface area (Å²) in [5.41, 5.74) is 0.462. The Morgan fingerprint density at radius 2 is 2.04 bits per heavy atom. The Balaban J connectivity index is 2.59. The van der Waals surface area contributed by atoms with Crippen molar-refractivity contribution in [1.82, 2.24) is 10.2 Å². The van der Waals surface area contributed by atoms with Gasteiger partial charge in [0.2, 0.25) is 0 Å². The van der Waals surface area contributed by atoms with Crippen LogP contribution >= 0.6 is 0 Å². The summed E-state index contributed by atoms with van der Waals surface area (Å²) in [4.78, 5) is 48.1. The summed E-state index contributed by atoms with van der Waals surface area (Å²) >= 11 is 0. The van der Waals surface area contributed by atoms with Crippen molar-refractivity contribution in [3.8, 4) is 0 Å². The van der Waals surface area contributed by atoms with Gasteiger partial charge in [0, 0.05) is 24.8 Å². The molecule has 0 radical (unpaired) electrons. The number of nitrogens with one attached hydrogen (secondary N) is 1. The second-order valence-corrected chi connectivity index (χ2v) is 6.41. The zero-order valence-electron chi connectivity index (χ0n) is 15.9. The maximum atomic E-state index is 12.7. The van der Waals surface area contributed by atoms with Crippen molar-refractivity contribution in [1.29, 1.82) is 0 Å². The molecule has 10 heteroatoms. The predicted octanol–water partition coefficient (Wildman–Crippen LogP) is 2.41. The molecular formula is C18H21N3O7. The lowest BCUT2D eigenvalue weighted by Crippen LogP contribution is -2.49. The van der Waals surface area contributed by atoms with E-state index in [-0.39, 0.29) is 17.0 Å². The highest BCUT2D eigenvalue weighted by molar-refractivity contribution is 5.95. The zero-order chi connectivity index (χ0) is 21.0. The molecule has 150 valence electrons. The Kier molecular flexibility index (Phi) is 6.34. The van der Waals surface area contributed by atoms with Crippen molar-refractivity contribution < 1.29 is 28.8 Å². The molecule has 0 bridgehead atoms. The van der Waals surface area contributed by atoms with E-state index in [9.17, 15) is 24.5 Å². The van der Waals surface area contributed by atoms with E-state index in [2.05, 4.69) is 5.32 Å². The molecule has 0 aliphatic carbocycles. The van der Waals surface area contributed by atoms with E-state index in [1.807, 2.05) is 0 Å². The molecule has 0 spiro atoms. The monoisotopic (exact) mass is 391 g/mol. The summed E-state index contributed by atoms with van der Waals surface area (Å²) < 4.78 is 10.2. The van der Waals surface area contributed by atoms with Crippen LogP contribution in [0.3, 0.4) is 0 Å². The fourth-order valence-electron chi connectivity index (χ4n) is 2.77. The number of carbonyl (C=O) groups excluding carboxylic acids is 3. The Morgan fingerprint density at radius 3 is 2.61 bits per heavy atom. The molecule has 10 nitrogen and oxygen atoms in total. The maximum absolute atomic E-state index is 12.7. The Bertz CT molecular complexity index is 847. The summed E-state index contributed by atoms with van der Waals surface area (Å²) in [6.45, 7) is 5.62. The molecule has 0 aromatic heterocycles. The van der Waals surface area contributed by atoms with Gasteiger partial charge in [-0.15, -0.1) is 0 Å². The van der Waals surface area contributed by atoms with Gasteiger partial charge in [0.1, 0.15) is 0 Å². The minimum Gasteiger partial charge on any atom is -0.459 e. The minimum absolute atomic E-state index is 0.0981. The van der Waals surface area contributed by atoms with E-state index >= 15 is 0 Å². The largest absolute Gasteiger partial charge is 0.459 e. The van der Waals surface area contributed by atoms with Gasteiger partial charge in [-0.25, -0.2) is 9.59 Å². The summed E-state index contributed by atoms with van der Waals surface area (Å²) in [5.74, 6) is -1.31. The lowest BCUT2D eigenvalue weighted by atomic mass is 9.94. The fraction of sp³-hybridized carbons (Fsp3) is 0.389. The van der Waals surface area contributed by atoms with Gasteiger partial charge in [0.25, 0.3) is 5.69 Å². The molecule has 1 aromatic rings. The number of nitro benzene ring substituents is 1. The molecule has 0 saturated carbocycles. The number of non-ortho nitro benzene ring substituents is 1. The van der Waals surface area contributed by atoms with Crippen molar-refractivity contribution in [3.05, 3.63) is 51.2 Å². The van der Waals surface area contributed by atoms with Crippen molar-refractivity contribution in [2.75, 3.05) is 6.73 Å². The first kappa shape index (κ1) is 20.9. The number of nitrogens with zero attached hydrogens (tertiary/aromatic N) is 2. The smallest absolute Gasteiger partial charge is 0.338 e. The highest BCUT2D eigenvalue weighted by Gasteiger charge is 2.39. The average Bonchev–Trinajstić information content (AvgIpc) is 2.59. The molecule has 2 rings (SSSR count). The quantitative estimate of drug-likeness (QED) is 0.448. The lowest BCUT2D eigenvalue weighted by molar-refractivity contribution is -0.384. The van der Waals surface area contributed by atoms with Crippen LogP contribution < -0.4 is 5.32 Å². The molecule has 2 amide bonds. The first-order chi connectivity index (χ1) is 13.1. The molecule has 1 N–H and O–H groups in total. The minimum atomic E-state index is -1.03. The van der Waals surface area contributed by atoms with Crippen molar-refractivity contribution >= 4 is 23.7 Å². The molecular weight excluding hydrogens is 370 g/mol. The number of allylic oxidation sites excluding steroid dienone is 1. The van der Waals surface area contributed by atoms with Gasteiger partial charge in [0.05, 0.1) is 22.6 Å². The predicted molar refractivity (Wildman–Crippen MR) is 96.8 cm³/mol. The maximum Gasteiger partial charge on any atom is 0.338 e. The van der Waals surface area contributed by atoms with Gasteiger partial charge in [-0.3, -0.25) is 19.8 Å². The number of esters is 2. The molecule has 1 atom stereocenters. The summed E-state index contributed by atoms with van der Waals surface area (Å²) in [6.07, 6.45) is -0.418. The highest BCUT2D eigenvalue weighted by atomic mass is 16.6. The number of hydrogen-bond donors (Lipinski definition) is 1. The Hall–Kier alpha value is -3.43. The van der Waals surface area contributed by atoms with Gasteiger partial charge >= 0.3 is 18.0 Å². The summed E-state index contributed by atoms with van der Waals surface area (Å²) in [6, 6.07) is 3.92.